The van der Waals surface area contributed by atoms with Gasteiger partial charge in [0, 0.05) is 12.6 Å². The van der Waals surface area contributed by atoms with Gasteiger partial charge in [-0.2, -0.15) is 0 Å². The second kappa shape index (κ2) is 5.25. The molecule has 16 heavy (non-hydrogen) atoms. The molecular weight excluding hydrogens is 213 g/mol. The minimum Gasteiger partial charge on any atom is -0.456 e. The first-order valence-electron chi connectivity index (χ1n) is 4.68. The van der Waals surface area contributed by atoms with Crippen LogP contribution in [0.3, 0.4) is 0 Å². The molecule has 86 valence electrons. The zero-order valence-electron chi connectivity index (χ0n) is 9.04. The summed E-state index contributed by atoms with van der Waals surface area (Å²) >= 11 is 0. The Bertz CT molecular complexity index is 418. The molecule has 0 aliphatic rings. The first-order chi connectivity index (χ1) is 7.49. The van der Waals surface area contributed by atoms with E-state index in [0.29, 0.717) is 11.3 Å². The van der Waals surface area contributed by atoms with Crippen LogP contribution in [0.5, 0.6) is 0 Å². The maximum absolute atomic E-state index is 13.1. The highest BCUT2D eigenvalue weighted by Gasteiger charge is 2.05. The standard InChI is InChI=1S/C11H12FNO3/c1-7-3-4-9(5-10(7)12)13-11(15)6-16-8(2)14/h3-5H,6H2,1-2H3,(H,13,15). The third kappa shape index (κ3) is 3.68. The average Bonchev–Trinajstić information content (AvgIpc) is 2.21. The van der Waals surface area contributed by atoms with Crippen LogP contribution in [0.15, 0.2) is 18.2 Å². The predicted octanol–water partition coefficient (Wildman–Crippen LogP) is 1.64. The molecule has 1 aromatic carbocycles. The third-order valence-corrected chi connectivity index (χ3v) is 1.86. The Morgan fingerprint density at radius 3 is 2.69 bits per heavy atom. The molecule has 4 nitrogen and oxygen atoms in total. The second-order valence-corrected chi connectivity index (χ2v) is 3.29. The molecule has 0 unspecified atom stereocenters. The van der Waals surface area contributed by atoms with Crippen molar-refractivity contribution in [3.05, 3.63) is 29.6 Å². The molecule has 1 amide bonds. The second-order valence-electron chi connectivity index (χ2n) is 3.29. The Morgan fingerprint density at radius 2 is 2.12 bits per heavy atom. The van der Waals surface area contributed by atoms with E-state index in [1.165, 1.54) is 13.0 Å². The van der Waals surface area contributed by atoms with Gasteiger partial charge < -0.3 is 10.1 Å². The summed E-state index contributed by atoms with van der Waals surface area (Å²) in [6.45, 7) is 2.46. The van der Waals surface area contributed by atoms with Gasteiger partial charge in [-0.3, -0.25) is 9.59 Å². The summed E-state index contributed by atoms with van der Waals surface area (Å²) < 4.78 is 17.6. The van der Waals surface area contributed by atoms with Crippen molar-refractivity contribution in [3.63, 3.8) is 0 Å². The number of nitrogens with one attached hydrogen (secondary N) is 1. The lowest BCUT2D eigenvalue weighted by atomic mass is 10.2. The number of carbonyl (C=O) groups excluding carboxylic acids is 2. The Labute approximate surface area is 92.4 Å². The first kappa shape index (κ1) is 12.2. The van der Waals surface area contributed by atoms with E-state index in [2.05, 4.69) is 10.1 Å². The van der Waals surface area contributed by atoms with Crippen LogP contribution >= 0.6 is 0 Å². The Hall–Kier alpha value is -1.91. The lowest BCUT2D eigenvalue weighted by Crippen LogP contribution is -2.19. The van der Waals surface area contributed by atoms with Gasteiger partial charge in [0.15, 0.2) is 6.61 Å². The number of hydrogen-bond acceptors (Lipinski definition) is 3. The molecule has 1 N–H and O–H groups in total. The molecule has 0 saturated heterocycles. The fourth-order valence-electron chi connectivity index (χ4n) is 1.03. The zero-order chi connectivity index (χ0) is 12.1. The van der Waals surface area contributed by atoms with Gasteiger partial charge in [0.25, 0.3) is 5.91 Å². The Kier molecular flexibility index (Phi) is 3.99. The number of rotatable bonds is 3. The van der Waals surface area contributed by atoms with Crippen LogP contribution in [0.4, 0.5) is 10.1 Å². The van der Waals surface area contributed by atoms with Crippen LogP contribution < -0.4 is 5.32 Å². The highest BCUT2D eigenvalue weighted by molar-refractivity contribution is 5.92. The highest BCUT2D eigenvalue weighted by Crippen LogP contribution is 2.13. The average molecular weight is 225 g/mol. The molecule has 0 atom stereocenters. The van der Waals surface area contributed by atoms with Crippen LogP contribution in [0.1, 0.15) is 12.5 Å². The van der Waals surface area contributed by atoms with E-state index in [-0.39, 0.29) is 6.61 Å². The molecule has 0 bridgehead atoms. The Balaban J connectivity index is 2.56. The lowest BCUT2D eigenvalue weighted by Gasteiger charge is -2.06. The van der Waals surface area contributed by atoms with Gasteiger partial charge in [0.05, 0.1) is 0 Å². The molecule has 1 rings (SSSR count). The molecule has 0 spiro atoms. The molecule has 0 fully saturated rings. The van der Waals surface area contributed by atoms with Gasteiger partial charge in [0.1, 0.15) is 5.82 Å². The van der Waals surface area contributed by atoms with Crippen LogP contribution in [0.25, 0.3) is 0 Å². The maximum atomic E-state index is 13.1. The monoisotopic (exact) mass is 225 g/mol. The highest BCUT2D eigenvalue weighted by atomic mass is 19.1. The zero-order valence-corrected chi connectivity index (χ0v) is 9.04. The van der Waals surface area contributed by atoms with Gasteiger partial charge in [0.2, 0.25) is 0 Å². The van der Waals surface area contributed by atoms with E-state index in [4.69, 9.17) is 0 Å². The van der Waals surface area contributed by atoms with Crippen molar-refractivity contribution in [3.8, 4) is 0 Å². The van der Waals surface area contributed by atoms with Crippen molar-refractivity contribution in [2.24, 2.45) is 0 Å². The van der Waals surface area contributed by atoms with Gasteiger partial charge in [-0.05, 0) is 24.6 Å². The number of aryl methyl sites for hydroxylation is 1. The number of benzene rings is 1. The van der Waals surface area contributed by atoms with E-state index in [0.717, 1.165) is 0 Å². The van der Waals surface area contributed by atoms with Gasteiger partial charge in [-0.15, -0.1) is 0 Å². The van der Waals surface area contributed by atoms with E-state index in [1.807, 2.05) is 0 Å². The van der Waals surface area contributed by atoms with Crippen molar-refractivity contribution in [2.75, 3.05) is 11.9 Å². The number of ether oxygens (including phenoxy) is 1. The van der Waals surface area contributed by atoms with Gasteiger partial charge in [-0.25, -0.2) is 4.39 Å². The summed E-state index contributed by atoms with van der Waals surface area (Å²) in [5.74, 6) is -1.44. The van der Waals surface area contributed by atoms with E-state index >= 15 is 0 Å². The topological polar surface area (TPSA) is 55.4 Å². The van der Waals surface area contributed by atoms with Crippen molar-refractivity contribution in [2.45, 2.75) is 13.8 Å². The summed E-state index contributed by atoms with van der Waals surface area (Å²) in [7, 11) is 0. The molecule has 0 saturated carbocycles. The number of hydrogen-bond donors (Lipinski definition) is 1. The van der Waals surface area contributed by atoms with E-state index < -0.39 is 17.7 Å². The number of carbonyl (C=O) groups is 2. The summed E-state index contributed by atoms with van der Waals surface area (Å²) in [6, 6.07) is 4.34. The quantitative estimate of drug-likeness (QED) is 0.795. The van der Waals surface area contributed by atoms with Crippen LogP contribution in [0, 0.1) is 12.7 Å². The van der Waals surface area contributed by atoms with Crippen molar-refractivity contribution in [1.29, 1.82) is 0 Å². The molecule has 0 radical (unpaired) electrons. The minimum atomic E-state index is -0.537. The SMILES string of the molecule is CC(=O)OCC(=O)Nc1ccc(C)c(F)c1. The molecule has 0 aromatic heterocycles. The summed E-state index contributed by atoms with van der Waals surface area (Å²) in [5.41, 5.74) is 0.832. The fraction of sp³-hybridized carbons (Fsp3) is 0.273. The van der Waals surface area contributed by atoms with Crippen LogP contribution in [-0.4, -0.2) is 18.5 Å². The van der Waals surface area contributed by atoms with Crippen LogP contribution in [-0.2, 0) is 14.3 Å². The summed E-state index contributed by atoms with van der Waals surface area (Å²) in [4.78, 5) is 21.6. The Morgan fingerprint density at radius 1 is 1.44 bits per heavy atom. The lowest BCUT2D eigenvalue weighted by molar-refractivity contribution is -0.144. The molecule has 0 aliphatic carbocycles. The summed E-state index contributed by atoms with van der Waals surface area (Å²) in [6.07, 6.45) is 0. The largest absolute Gasteiger partial charge is 0.456 e. The first-order valence-corrected chi connectivity index (χ1v) is 4.68. The number of anilines is 1. The molecule has 1 aromatic rings. The maximum Gasteiger partial charge on any atom is 0.303 e. The summed E-state index contributed by atoms with van der Waals surface area (Å²) in [5, 5.41) is 2.41. The molecule has 0 aliphatic heterocycles. The number of esters is 1. The molecular formula is C11H12FNO3. The third-order valence-electron chi connectivity index (χ3n) is 1.86. The van der Waals surface area contributed by atoms with Crippen molar-refractivity contribution in [1.82, 2.24) is 0 Å². The molecule has 5 heteroatoms. The van der Waals surface area contributed by atoms with E-state index in [9.17, 15) is 14.0 Å². The number of amides is 1. The van der Waals surface area contributed by atoms with E-state index in [1.54, 1.807) is 19.1 Å². The van der Waals surface area contributed by atoms with Crippen LogP contribution in [0.2, 0.25) is 0 Å². The number of halogens is 1. The normalized spacial score (nSPS) is 9.69. The minimum absolute atomic E-state index is 0.334. The van der Waals surface area contributed by atoms with Gasteiger partial charge in [-0.1, -0.05) is 6.07 Å². The van der Waals surface area contributed by atoms with Crippen molar-refractivity contribution >= 4 is 17.6 Å². The fourth-order valence-corrected chi connectivity index (χ4v) is 1.03. The molecule has 0 heterocycles. The van der Waals surface area contributed by atoms with Gasteiger partial charge >= 0.3 is 5.97 Å². The predicted molar refractivity (Wildman–Crippen MR) is 56.4 cm³/mol. The van der Waals surface area contributed by atoms with Crippen molar-refractivity contribution < 1.29 is 18.7 Å². The smallest absolute Gasteiger partial charge is 0.303 e.